The van der Waals surface area contributed by atoms with Gasteiger partial charge in [0, 0.05) is 6.54 Å². The fraction of sp³-hybridized carbons (Fsp3) is 0.462. The number of hydrogen-bond acceptors (Lipinski definition) is 3. The molecule has 0 aliphatic rings. The summed E-state index contributed by atoms with van der Waals surface area (Å²) in [5, 5.41) is 2.65. The highest BCUT2D eigenvalue weighted by atomic mass is 32.2. The van der Waals surface area contributed by atoms with Crippen LogP contribution in [0, 0.1) is 6.92 Å². The van der Waals surface area contributed by atoms with Crippen LogP contribution in [0.25, 0.3) is 0 Å². The Hall–Kier alpha value is -1.40. The van der Waals surface area contributed by atoms with E-state index in [4.69, 9.17) is 0 Å². The first-order chi connectivity index (χ1) is 8.95. The highest BCUT2D eigenvalue weighted by molar-refractivity contribution is 7.89. The zero-order valence-electron chi connectivity index (χ0n) is 11.3. The van der Waals surface area contributed by atoms with Crippen LogP contribution in [0.3, 0.4) is 0 Å². The minimum atomic E-state index is -3.62. The smallest absolute Gasteiger partial charge is 0.241 e. The lowest BCUT2D eigenvalue weighted by molar-refractivity contribution is -0.119. The maximum Gasteiger partial charge on any atom is 0.241 e. The predicted molar refractivity (Wildman–Crippen MR) is 74.3 cm³/mol. The van der Waals surface area contributed by atoms with E-state index in [1.54, 1.807) is 12.1 Å². The van der Waals surface area contributed by atoms with Crippen LogP contribution in [0.1, 0.15) is 25.3 Å². The summed E-state index contributed by atoms with van der Waals surface area (Å²) in [5.74, 6) is -0.315. The Balaban J connectivity index is 2.54. The molecule has 0 aliphatic heterocycles. The first kappa shape index (κ1) is 15.7. The molecule has 1 rings (SSSR count). The van der Waals surface area contributed by atoms with Gasteiger partial charge in [-0.15, -0.1) is 0 Å². The van der Waals surface area contributed by atoms with Gasteiger partial charge < -0.3 is 5.32 Å². The number of aryl methyl sites for hydroxylation is 1. The van der Waals surface area contributed by atoms with Gasteiger partial charge in [0.2, 0.25) is 15.9 Å². The van der Waals surface area contributed by atoms with Gasteiger partial charge in [0.15, 0.2) is 0 Å². The van der Waals surface area contributed by atoms with E-state index in [1.165, 1.54) is 6.07 Å². The van der Waals surface area contributed by atoms with E-state index in [2.05, 4.69) is 10.0 Å². The molecule has 106 valence electrons. The van der Waals surface area contributed by atoms with Gasteiger partial charge in [-0.05, 0) is 31.0 Å². The van der Waals surface area contributed by atoms with Gasteiger partial charge in [-0.1, -0.05) is 25.5 Å². The van der Waals surface area contributed by atoms with E-state index in [-0.39, 0.29) is 17.3 Å². The zero-order chi connectivity index (χ0) is 14.3. The highest BCUT2D eigenvalue weighted by Crippen LogP contribution is 2.10. The van der Waals surface area contributed by atoms with Gasteiger partial charge in [-0.3, -0.25) is 4.79 Å². The molecule has 0 saturated carbocycles. The predicted octanol–water partition coefficient (Wildman–Crippen LogP) is 1.19. The quantitative estimate of drug-likeness (QED) is 0.739. The number of carbonyl (C=O) groups excluding carboxylic acids is 1. The maximum atomic E-state index is 11.9. The number of nitrogens with one attached hydrogen (secondary N) is 2. The molecule has 6 heteroatoms. The number of unbranched alkanes of at least 4 members (excludes halogenated alkanes) is 1. The van der Waals surface area contributed by atoms with Crippen molar-refractivity contribution in [2.45, 2.75) is 31.6 Å². The van der Waals surface area contributed by atoms with Crippen LogP contribution in [0.5, 0.6) is 0 Å². The van der Waals surface area contributed by atoms with E-state index >= 15 is 0 Å². The van der Waals surface area contributed by atoms with Crippen LogP contribution in [-0.4, -0.2) is 27.4 Å². The molecule has 0 aliphatic carbocycles. The normalized spacial score (nSPS) is 11.3. The minimum Gasteiger partial charge on any atom is -0.355 e. The van der Waals surface area contributed by atoms with Gasteiger partial charge in [-0.2, -0.15) is 0 Å². The van der Waals surface area contributed by atoms with Crippen LogP contribution in [0.15, 0.2) is 29.2 Å². The summed E-state index contributed by atoms with van der Waals surface area (Å²) in [6.07, 6.45) is 1.87. The van der Waals surface area contributed by atoms with E-state index in [1.807, 2.05) is 19.9 Å². The summed E-state index contributed by atoms with van der Waals surface area (Å²) < 4.78 is 26.1. The standard InChI is InChI=1S/C13H20N2O3S/c1-3-4-8-14-13(16)10-15-19(17,18)12-7-5-6-11(2)9-12/h5-7,9,15H,3-4,8,10H2,1-2H3,(H,14,16). The fourth-order valence-corrected chi connectivity index (χ4v) is 2.58. The third-order valence-corrected chi connectivity index (χ3v) is 3.97. The van der Waals surface area contributed by atoms with E-state index in [0.29, 0.717) is 6.54 Å². The molecular formula is C13H20N2O3S. The molecule has 1 amide bonds. The van der Waals surface area contributed by atoms with Crippen molar-refractivity contribution in [3.8, 4) is 0 Å². The molecule has 1 aromatic rings. The third kappa shape index (κ3) is 5.40. The van der Waals surface area contributed by atoms with Crippen LogP contribution in [0.4, 0.5) is 0 Å². The Morgan fingerprint density at radius 2 is 2.05 bits per heavy atom. The van der Waals surface area contributed by atoms with Gasteiger partial charge in [0.1, 0.15) is 0 Å². The zero-order valence-corrected chi connectivity index (χ0v) is 12.1. The molecule has 0 radical (unpaired) electrons. The molecule has 0 atom stereocenters. The summed E-state index contributed by atoms with van der Waals surface area (Å²) in [6.45, 7) is 4.17. The van der Waals surface area contributed by atoms with Crippen LogP contribution in [-0.2, 0) is 14.8 Å². The lowest BCUT2D eigenvalue weighted by Crippen LogP contribution is -2.37. The molecule has 0 bridgehead atoms. The first-order valence-electron chi connectivity index (χ1n) is 6.28. The topological polar surface area (TPSA) is 75.3 Å². The van der Waals surface area contributed by atoms with Gasteiger partial charge in [-0.25, -0.2) is 13.1 Å². The Morgan fingerprint density at radius 1 is 1.32 bits per heavy atom. The second-order valence-electron chi connectivity index (χ2n) is 4.34. The second kappa shape index (κ2) is 7.25. The Morgan fingerprint density at radius 3 is 2.68 bits per heavy atom. The molecule has 0 heterocycles. The monoisotopic (exact) mass is 284 g/mol. The molecule has 0 fully saturated rings. The second-order valence-corrected chi connectivity index (χ2v) is 6.11. The number of hydrogen-bond donors (Lipinski definition) is 2. The Labute approximate surface area is 114 Å². The third-order valence-electron chi connectivity index (χ3n) is 2.58. The van der Waals surface area contributed by atoms with Crippen molar-refractivity contribution in [3.05, 3.63) is 29.8 Å². The van der Waals surface area contributed by atoms with Crippen LogP contribution in [0.2, 0.25) is 0 Å². The minimum absolute atomic E-state index is 0.175. The van der Waals surface area contributed by atoms with Crippen molar-refractivity contribution >= 4 is 15.9 Å². The van der Waals surface area contributed by atoms with E-state index < -0.39 is 10.0 Å². The summed E-state index contributed by atoms with van der Waals surface area (Å²) >= 11 is 0. The molecule has 1 aromatic carbocycles. The number of amides is 1. The van der Waals surface area contributed by atoms with Crippen LogP contribution >= 0.6 is 0 Å². The van der Waals surface area contributed by atoms with Crippen molar-refractivity contribution < 1.29 is 13.2 Å². The molecule has 0 saturated heterocycles. The lowest BCUT2D eigenvalue weighted by Gasteiger charge is -2.08. The van der Waals surface area contributed by atoms with Crippen molar-refractivity contribution in [2.75, 3.05) is 13.1 Å². The molecule has 2 N–H and O–H groups in total. The number of benzene rings is 1. The SMILES string of the molecule is CCCCNC(=O)CNS(=O)(=O)c1cccc(C)c1. The summed E-state index contributed by atoms with van der Waals surface area (Å²) in [4.78, 5) is 11.6. The maximum absolute atomic E-state index is 11.9. The van der Waals surface area contributed by atoms with Gasteiger partial charge >= 0.3 is 0 Å². The van der Waals surface area contributed by atoms with Crippen LogP contribution < -0.4 is 10.0 Å². The number of sulfonamides is 1. The van der Waals surface area contributed by atoms with E-state index in [0.717, 1.165) is 18.4 Å². The molecule has 5 nitrogen and oxygen atoms in total. The highest BCUT2D eigenvalue weighted by Gasteiger charge is 2.15. The van der Waals surface area contributed by atoms with Crippen molar-refractivity contribution in [1.29, 1.82) is 0 Å². The average molecular weight is 284 g/mol. The molecule has 0 aromatic heterocycles. The molecule has 0 spiro atoms. The summed E-state index contributed by atoms with van der Waals surface area (Å²) in [6, 6.07) is 6.56. The fourth-order valence-electron chi connectivity index (χ4n) is 1.49. The molecular weight excluding hydrogens is 264 g/mol. The summed E-state index contributed by atoms with van der Waals surface area (Å²) in [5.41, 5.74) is 0.857. The number of rotatable bonds is 7. The number of carbonyl (C=O) groups is 1. The van der Waals surface area contributed by atoms with Crippen molar-refractivity contribution in [2.24, 2.45) is 0 Å². The van der Waals surface area contributed by atoms with E-state index in [9.17, 15) is 13.2 Å². The summed E-state index contributed by atoms with van der Waals surface area (Å²) in [7, 11) is -3.62. The Kier molecular flexibility index (Phi) is 5.98. The van der Waals surface area contributed by atoms with Gasteiger partial charge in [0.25, 0.3) is 0 Å². The largest absolute Gasteiger partial charge is 0.355 e. The average Bonchev–Trinajstić information content (AvgIpc) is 2.37. The van der Waals surface area contributed by atoms with Gasteiger partial charge in [0.05, 0.1) is 11.4 Å². The Bertz CT molecular complexity index is 526. The lowest BCUT2D eigenvalue weighted by atomic mass is 10.2. The molecule has 19 heavy (non-hydrogen) atoms. The van der Waals surface area contributed by atoms with Crippen molar-refractivity contribution in [1.82, 2.24) is 10.0 Å². The first-order valence-corrected chi connectivity index (χ1v) is 7.77. The molecule has 0 unspecified atom stereocenters. The van der Waals surface area contributed by atoms with Crippen molar-refractivity contribution in [3.63, 3.8) is 0 Å².